The van der Waals surface area contributed by atoms with Crippen molar-refractivity contribution in [3.8, 4) is 5.75 Å². The summed E-state index contributed by atoms with van der Waals surface area (Å²) < 4.78 is 41.0. The maximum Gasteiger partial charge on any atom is 0.573 e. The summed E-state index contributed by atoms with van der Waals surface area (Å²) in [7, 11) is 0. The largest absolute Gasteiger partial charge is 0.573 e. The van der Waals surface area contributed by atoms with E-state index in [1.165, 1.54) is 12.1 Å². The van der Waals surface area contributed by atoms with Crippen molar-refractivity contribution in [2.75, 3.05) is 5.32 Å². The van der Waals surface area contributed by atoms with Gasteiger partial charge in [-0.3, -0.25) is 0 Å². The van der Waals surface area contributed by atoms with Gasteiger partial charge in [0.25, 0.3) is 0 Å². The first-order valence-corrected chi connectivity index (χ1v) is 7.01. The SMILES string of the molecule is CC(Nc1ccccc1Br)c1ccc(OC(F)(F)F)cc1. The predicted molar refractivity (Wildman–Crippen MR) is 79.3 cm³/mol. The Morgan fingerprint density at radius 2 is 1.67 bits per heavy atom. The second kappa shape index (κ2) is 6.39. The molecule has 0 aliphatic heterocycles. The standard InChI is InChI=1S/C15H13BrF3NO/c1-10(20-14-5-3-2-4-13(14)16)11-6-8-12(9-7-11)21-15(17,18)19/h2-10,20H,1H3. The molecule has 0 aliphatic rings. The van der Waals surface area contributed by atoms with Crippen molar-refractivity contribution in [3.63, 3.8) is 0 Å². The molecule has 1 N–H and O–H groups in total. The molecule has 0 fully saturated rings. The highest BCUT2D eigenvalue weighted by molar-refractivity contribution is 9.10. The van der Waals surface area contributed by atoms with E-state index in [1.807, 2.05) is 31.2 Å². The molecule has 0 aromatic heterocycles. The lowest BCUT2D eigenvalue weighted by molar-refractivity contribution is -0.274. The van der Waals surface area contributed by atoms with Crippen LogP contribution in [0, 0.1) is 0 Å². The molecule has 2 rings (SSSR count). The van der Waals surface area contributed by atoms with Gasteiger partial charge < -0.3 is 10.1 Å². The van der Waals surface area contributed by atoms with Crippen LogP contribution in [0.15, 0.2) is 53.0 Å². The molecule has 0 radical (unpaired) electrons. The van der Waals surface area contributed by atoms with Gasteiger partial charge in [-0.25, -0.2) is 0 Å². The van der Waals surface area contributed by atoms with E-state index >= 15 is 0 Å². The lowest BCUT2D eigenvalue weighted by Crippen LogP contribution is -2.17. The molecule has 1 atom stereocenters. The highest BCUT2D eigenvalue weighted by atomic mass is 79.9. The quantitative estimate of drug-likeness (QED) is 0.775. The molecule has 0 saturated heterocycles. The Morgan fingerprint density at radius 3 is 2.24 bits per heavy atom. The van der Waals surface area contributed by atoms with Crippen LogP contribution in [0.2, 0.25) is 0 Å². The smallest absolute Gasteiger partial charge is 0.406 e. The Kier molecular flexibility index (Phi) is 4.77. The average molecular weight is 360 g/mol. The molecule has 0 spiro atoms. The summed E-state index contributed by atoms with van der Waals surface area (Å²) in [5.74, 6) is -0.223. The first kappa shape index (κ1) is 15.7. The molecule has 1 unspecified atom stereocenters. The van der Waals surface area contributed by atoms with Gasteiger partial charge in [0.1, 0.15) is 5.75 Å². The number of ether oxygens (including phenoxy) is 1. The molecule has 0 saturated carbocycles. The molecule has 112 valence electrons. The van der Waals surface area contributed by atoms with Gasteiger partial charge in [-0.2, -0.15) is 0 Å². The van der Waals surface area contributed by atoms with E-state index in [9.17, 15) is 13.2 Å². The highest BCUT2D eigenvalue weighted by Crippen LogP contribution is 2.28. The fourth-order valence-corrected chi connectivity index (χ4v) is 2.25. The van der Waals surface area contributed by atoms with Crippen LogP contribution in [-0.2, 0) is 0 Å². The number of halogens is 4. The molecule has 2 aromatic carbocycles. The van der Waals surface area contributed by atoms with Crippen molar-refractivity contribution in [2.24, 2.45) is 0 Å². The van der Waals surface area contributed by atoms with Crippen molar-refractivity contribution in [2.45, 2.75) is 19.3 Å². The topological polar surface area (TPSA) is 21.3 Å². The zero-order valence-electron chi connectivity index (χ0n) is 11.1. The second-order valence-corrected chi connectivity index (χ2v) is 5.32. The molecule has 0 heterocycles. The van der Waals surface area contributed by atoms with Crippen molar-refractivity contribution in [3.05, 3.63) is 58.6 Å². The number of rotatable bonds is 4. The summed E-state index contributed by atoms with van der Waals surface area (Å²) in [4.78, 5) is 0. The van der Waals surface area contributed by atoms with Crippen LogP contribution in [0.1, 0.15) is 18.5 Å². The minimum absolute atomic E-state index is 0.0522. The molecule has 2 aromatic rings. The predicted octanol–water partition coefficient (Wildman–Crippen LogP) is 5.52. The molecule has 21 heavy (non-hydrogen) atoms. The Morgan fingerprint density at radius 1 is 1.05 bits per heavy atom. The van der Waals surface area contributed by atoms with Crippen molar-refractivity contribution in [1.29, 1.82) is 0 Å². The summed E-state index contributed by atoms with van der Waals surface area (Å²) in [6, 6.07) is 13.4. The summed E-state index contributed by atoms with van der Waals surface area (Å²) in [5, 5.41) is 3.28. The summed E-state index contributed by atoms with van der Waals surface area (Å²) in [6.45, 7) is 1.93. The van der Waals surface area contributed by atoms with Gasteiger partial charge >= 0.3 is 6.36 Å². The zero-order chi connectivity index (χ0) is 15.5. The first-order chi connectivity index (χ1) is 9.85. The van der Waals surface area contributed by atoms with Gasteiger partial charge in [0.2, 0.25) is 0 Å². The Bertz CT molecular complexity index is 599. The van der Waals surface area contributed by atoms with Gasteiger partial charge in [-0.05, 0) is 52.7 Å². The summed E-state index contributed by atoms with van der Waals surface area (Å²) in [6.07, 6.45) is -4.67. The number of hydrogen-bond donors (Lipinski definition) is 1. The molecular weight excluding hydrogens is 347 g/mol. The van der Waals surface area contributed by atoms with Crippen LogP contribution < -0.4 is 10.1 Å². The lowest BCUT2D eigenvalue weighted by atomic mass is 10.1. The van der Waals surface area contributed by atoms with Crippen LogP contribution in [0.5, 0.6) is 5.75 Å². The normalized spacial score (nSPS) is 12.8. The van der Waals surface area contributed by atoms with Gasteiger partial charge in [-0.1, -0.05) is 24.3 Å². The van der Waals surface area contributed by atoms with Gasteiger partial charge in [-0.15, -0.1) is 13.2 Å². The molecule has 6 heteroatoms. The molecule has 0 amide bonds. The number of para-hydroxylation sites is 1. The van der Waals surface area contributed by atoms with Gasteiger partial charge in [0, 0.05) is 16.2 Å². The monoisotopic (exact) mass is 359 g/mol. The van der Waals surface area contributed by atoms with E-state index in [1.54, 1.807) is 12.1 Å². The Hall–Kier alpha value is -1.69. The highest BCUT2D eigenvalue weighted by Gasteiger charge is 2.31. The number of alkyl halides is 3. The molecule has 2 nitrogen and oxygen atoms in total. The van der Waals surface area contributed by atoms with Crippen LogP contribution in [0.25, 0.3) is 0 Å². The van der Waals surface area contributed by atoms with E-state index in [0.717, 1.165) is 15.7 Å². The van der Waals surface area contributed by atoms with Gasteiger partial charge in [0.15, 0.2) is 0 Å². The third kappa shape index (κ3) is 4.67. The molecule has 0 bridgehead atoms. The first-order valence-electron chi connectivity index (χ1n) is 6.22. The van der Waals surface area contributed by atoms with Gasteiger partial charge in [0.05, 0.1) is 0 Å². The number of hydrogen-bond acceptors (Lipinski definition) is 2. The zero-order valence-corrected chi connectivity index (χ0v) is 12.7. The maximum absolute atomic E-state index is 12.1. The van der Waals surface area contributed by atoms with E-state index in [4.69, 9.17) is 0 Å². The van der Waals surface area contributed by atoms with E-state index in [0.29, 0.717) is 0 Å². The molecular formula is C15H13BrF3NO. The van der Waals surface area contributed by atoms with Crippen LogP contribution in [0.3, 0.4) is 0 Å². The minimum atomic E-state index is -4.67. The van der Waals surface area contributed by atoms with E-state index in [-0.39, 0.29) is 11.8 Å². The Labute approximate surface area is 129 Å². The van der Waals surface area contributed by atoms with Crippen molar-refractivity contribution >= 4 is 21.6 Å². The van der Waals surface area contributed by atoms with Crippen molar-refractivity contribution < 1.29 is 17.9 Å². The maximum atomic E-state index is 12.1. The van der Waals surface area contributed by atoms with E-state index < -0.39 is 6.36 Å². The van der Waals surface area contributed by atoms with Crippen molar-refractivity contribution in [1.82, 2.24) is 0 Å². The van der Waals surface area contributed by atoms with Crippen LogP contribution in [-0.4, -0.2) is 6.36 Å². The molecule has 0 aliphatic carbocycles. The number of nitrogens with one attached hydrogen (secondary N) is 1. The minimum Gasteiger partial charge on any atom is -0.406 e. The number of anilines is 1. The third-order valence-electron chi connectivity index (χ3n) is 2.86. The van der Waals surface area contributed by atoms with Crippen LogP contribution in [0.4, 0.5) is 18.9 Å². The average Bonchev–Trinajstić information content (AvgIpc) is 2.40. The lowest BCUT2D eigenvalue weighted by Gasteiger charge is -2.17. The Balaban J connectivity index is 2.06. The second-order valence-electron chi connectivity index (χ2n) is 4.46. The third-order valence-corrected chi connectivity index (χ3v) is 3.55. The fourth-order valence-electron chi connectivity index (χ4n) is 1.85. The van der Waals surface area contributed by atoms with Crippen LogP contribution >= 0.6 is 15.9 Å². The van der Waals surface area contributed by atoms with E-state index in [2.05, 4.69) is 26.0 Å². The summed E-state index contributed by atoms with van der Waals surface area (Å²) in [5.41, 5.74) is 1.78. The summed E-state index contributed by atoms with van der Waals surface area (Å²) >= 11 is 3.43. The number of benzene rings is 2. The fraction of sp³-hybridized carbons (Fsp3) is 0.200.